The van der Waals surface area contributed by atoms with Crippen molar-refractivity contribution < 1.29 is 14.6 Å². The minimum Gasteiger partial charge on any atom is -0.489 e. The summed E-state index contributed by atoms with van der Waals surface area (Å²) in [4.78, 5) is 11.0. The lowest BCUT2D eigenvalue weighted by Crippen LogP contribution is -2.20. The van der Waals surface area contributed by atoms with Crippen molar-refractivity contribution in [2.45, 2.75) is 38.2 Å². The van der Waals surface area contributed by atoms with Crippen LogP contribution in [0.1, 0.15) is 42.7 Å². The van der Waals surface area contributed by atoms with Gasteiger partial charge in [-0.2, -0.15) is 0 Å². The molecule has 23 heavy (non-hydrogen) atoms. The minimum atomic E-state index is -0.645. The molecule has 0 aliphatic heterocycles. The Morgan fingerprint density at radius 3 is 2.22 bits per heavy atom. The summed E-state index contributed by atoms with van der Waals surface area (Å²) >= 11 is 0. The van der Waals surface area contributed by atoms with Crippen LogP contribution in [0, 0.1) is 5.92 Å². The van der Waals surface area contributed by atoms with E-state index in [9.17, 15) is 4.79 Å². The van der Waals surface area contributed by atoms with Crippen molar-refractivity contribution >= 4 is 5.97 Å². The molecule has 0 bridgehead atoms. The Bertz CT molecular complexity index is 626. The number of benzene rings is 2. The fraction of sp³-hybridized carbons (Fsp3) is 0.350. The maximum atomic E-state index is 11.0. The molecule has 3 heteroatoms. The van der Waals surface area contributed by atoms with E-state index in [1.54, 1.807) is 0 Å². The number of ether oxygens (including phenoxy) is 1. The lowest BCUT2D eigenvalue weighted by molar-refractivity contribution is -0.142. The first kappa shape index (κ1) is 15.6. The zero-order chi connectivity index (χ0) is 16.1. The van der Waals surface area contributed by atoms with Crippen LogP contribution in [-0.4, -0.2) is 11.1 Å². The van der Waals surface area contributed by atoms with Crippen molar-refractivity contribution in [3.8, 4) is 5.75 Å². The van der Waals surface area contributed by atoms with Crippen molar-refractivity contribution in [3.05, 3.63) is 65.7 Å². The molecule has 0 amide bonds. The number of rotatable bonds is 5. The summed E-state index contributed by atoms with van der Waals surface area (Å²) in [6.45, 7) is 0.573. The van der Waals surface area contributed by atoms with Crippen molar-refractivity contribution in [1.82, 2.24) is 0 Å². The van der Waals surface area contributed by atoms with Crippen LogP contribution in [0.2, 0.25) is 0 Å². The zero-order valence-corrected chi connectivity index (χ0v) is 13.2. The third kappa shape index (κ3) is 4.13. The number of aliphatic carboxylic acids is 1. The Balaban J connectivity index is 1.54. The molecule has 2 aromatic carbocycles. The zero-order valence-electron chi connectivity index (χ0n) is 13.2. The normalized spacial score (nSPS) is 20.9. The van der Waals surface area contributed by atoms with E-state index in [1.807, 2.05) is 30.3 Å². The van der Waals surface area contributed by atoms with Gasteiger partial charge in [-0.3, -0.25) is 4.79 Å². The Morgan fingerprint density at radius 2 is 1.61 bits per heavy atom. The summed E-state index contributed by atoms with van der Waals surface area (Å²) in [6.07, 6.45) is 3.49. The van der Waals surface area contributed by atoms with E-state index >= 15 is 0 Å². The predicted molar refractivity (Wildman–Crippen MR) is 89.6 cm³/mol. The summed E-state index contributed by atoms with van der Waals surface area (Å²) in [5.41, 5.74) is 2.45. The molecule has 1 fully saturated rings. The summed E-state index contributed by atoms with van der Waals surface area (Å²) in [7, 11) is 0. The second-order valence-corrected chi connectivity index (χ2v) is 6.23. The van der Waals surface area contributed by atoms with Crippen molar-refractivity contribution in [2.75, 3.05) is 0 Å². The van der Waals surface area contributed by atoms with Crippen molar-refractivity contribution in [2.24, 2.45) is 5.92 Å². The molecule has 3 rings (SSSR count). The highest BCUT2D eigenvalue weighted by atomic mass is 16.5. The topological polar surface area (TPSA) is 46.5 Å². The van der Waals surface area contributed by atoms with Gasteiger partial charge in [0.25, 0.3) is 0 Å². The molecule has 1 N–H and O–H groups in total. The van der Waals surface area contributed by atoms with E-state index in [2.05, 4.69) is 24.3 Å². The van der Waals surface area contributed by atoms with Gasteiger partial charge in [0.2, 0.25) is 0 Å². The van der Waals surface area contributed by atoms with Crippen LogP contribution in [-0.2, 0) is 11.4 Å². The first-order valence-corrected chi connectivity index (χ1v) is 8.22. The fourth-order valence-electron chi connectivity index (χ4n) is 3.25. The number of hydrogen-bond donors (Lipinski definition) is 1. The Morgan fingerprint density at radius 1 is 0.957 bits per heavy atom. The molecule has 0 unspecified atom stereocenters. The van der Waals surface area contributed by atoms with E-state index < -0.39 is 5.97 Å². The maximum absolute atomic E-state index is 11.0. The van der Waals surface area contributed by atoms with Gasteiger partial charge in [0.1, 0.15) is 12.4 Å². The second-order valence-electron chi connectivity index (χ2n) is 6.23. The molecular weight excluding hydrogens is 288 g/mol. The average Bonchev–Trinajstić information content (AvgIpc) is 2.61. The Labute approximate surface area is 136 Å². The molecule has 2 aromatic rings. The molecule has 0 radical (unpaired) electrons. The summed E-state index contributed by atoms with van der Waals surface area (Å²) in [6, 6.07) is 18.4. The average molecular weight is 310 g/mol. The first-order chi connectivity index (χ1) is 11.2. The molecule has 0 aromatic heterocycles. The second kappa shape index (κ2) is 7.32. The van der Waals surface area contributed by atoms with E-state index in [0.717, 1.165) is 37.0 Å². The Kier molecular flexibility index (Phi) is 4.96. The number of carboxylic acids is 1. The smallest absolute Gasteiger partial charge is 0.306 e. The molecular formula is C20H22O3. The van der Waals surface area contributed by atoms with Gasteiger partial charge in [0, 0.05) is 0 Å². The third-order valence-electron chi connectivity index (χ3n) is 4.68. The van der Waals surface area contributed by atoms with Crippen molar-refractivity contribution in [3.63, 3.8) is 0 Å². The summed E-state index contributed by atoms with van der Waals surface area (Å²) < 4.78 is 5.81. The van der Waals surface area contributed by atoms with Gasteiger partial charge < -0.3 is 9.84 Å². The van der Waals surface area contributed by atoms with Gasteiger partial charge in [-0.1, -0.05) is 42.5 Å². The number of carboxylic acid groups (broad SMARTS) is 1. The van der Waals surface area contributed by atoms with E-state index in [4.69, 9.17) is 9.84 Å². The molecule has 3 nitrogen and oxygen atoms in total. The maximum Gasteiger partial charge on any atom is 0.306 e. The molecule has 0 saturated heterocycles. The predicted octanol–water partition coefficient (Wildman–Crippen LogP) is 4.62. The van der Waals surface area contributed by atoms with Crippen LogP contribution in [0.3, 0.4) is 0 Å². The standard InChI is InChI=1S/C20H22O3/c21-20(22)18-8-6-16(7-9-18)17-10-12-19(13-11-17)23-14-15-4-2-1-3-5-15/h1-5,10-13,16,18H,6-9,14H2,(H,21,22)/t16-,18-. The highest BCUT2D eigenvalue weighted by Gasteiger charge is 2.26. The van der Waals surface area contributed by atoms with E-state index in [0.29, 0.717) is 12.5 Å². The van der Waals surface area contributed by atoms with Crippen LogP contribution in [0.15, 0.2) is 54.6 Å². The van der Waals surface area contributed by atoms with Crippen LogP contribution >= 0.6 is 0 Å². The van der Waals surface area contributed by atoms with Crippen molar-refractivity contribution in [1.29, 1.82) is 0 Å². The number of hydrogen-bond acceptors (Lipinski definition) is 2. The highest BCUT2D eigenvalue weighted by molar-refractivity contribution is 5.70. The summed E-state index contributed by atoms with van der Waals surface area (Å²) in [5, 5.41) is 9.07. The van der Waals surface area contributed by atoms with Crippen LogP contribution < -0.4 is 4.74 Å². The molecule has 120 valence electrons. The van der Waals surface area contributed by atoms with E-state index in [1.165, 1.54) is 5.56 Å². The van der Waals surface area contributed by atoms with Gasteiger partial charge in [-0.25, -0.2) is 0 Å². The van der Waals surface area contributed by atoms with Crippen LogP contribution in [0.25, 0.3) is 0 Å². The van der Waals surface area contributed by atoms with Gasteiger partial charge in [-0.05, 0) is 54.9 Å². The lowest BCUT2D eigenvalue weighted by Gasteiger charge is -2.26. The number of carbonyl (C=O) groups is 1. The van der Waals surface area contributed by atoms with Gasteiger partial charge >= 0.3 is 5.97 Å². The van der Waals surface area contributed by atoms with Crippen LogP contribution in [0.5, 0.6) is 5.75 Å². The van der Waals surface area contributed by atoms with Gasteiger partial charge in [0.15, 0.2) is 0 Å². The quantitative estimate of drug-likeness (QED) is 0.876. The van der Waals surface area contributed by atoms with Gasteiger partial charge in [-0.15, -0.1) is 0 Å². The molecule has 0 heterocycles. The third-order valence-corrected chi connectivity index (χ3v) is 4.68. The van der Waals surface area contributed by atoms with Gasteiger partial charge in [0.05, 0.1) is 5.92 Å². The Hall–Kier alpha value is -2.29. The molecule has 1 aliphatic rings. The van der Waals surface area contributed by atoms with Crippen LogP contribution in [0.4, 0.5) is 0 Å². The fourth-order valence-corrected chi connectivity index (χ4v) is 3.25. The molecule has 1 aliphatic carbocycles. The molecule has 0 spiro atoms. The van der Waals surface area contributed by atoms with E-state index in [-0.39, 0.29) is 5.92 Å². The molecule has 1 saturated carbocycles. The summed E-state index contributed by atoms with van der Waals surface area (Å²) in [5.74, 6) is 0.554. The largest absolute Gasteiger partial charge is 0.489 e. The lowest BCUT2D eigenvalue weighted by atomic mass is 9.79. The minimum absolute atomic E-state index is 0.153. The molecule has 0 atom stereocenters. The SMILES string of the molecule is O=C(O)[C@H]1CC[C@H](c2ccc(OCc3ccccc3)cc2)CC1. The highest BCUT2D eigenvalue weighted by Crippen LogP contribution is 2.36. The first-order valence-electron chi connectivity index (χ1n) is 8.22. The monoisotopic (exact) mass is 310 g/mol.